The Bertz CT molecular complexity index is 1020. The molecule has 0 aromatic heterocycles. The SMILES string of the molecule is CC/C=C/C=C/C=C/CCCCCCCC(=O)OC(COC(=O)CCCCCCCCC/C=C/C/C=C/CC)COP(=O)(O)OC[C@@H](O)CO. The van der Waals surface area contributed by atoms with Crippen LogP contribution in [-0.4, -0.2) is 65.7 Å². The lowest BCUT2D eigenvalue weighted by atomic mass is 10.1. The van der Waals surface area contributed by atoms with E-state index in [1.807, 2.05) is 24.3 Å². The fraction of sp³-hybridized carbons (Fsp3) is 0.692. The van der Waals surface area contributed by atoms with Gasteiger partial charge in [-0.25, -0.2) is 4.57 Å². The molecule has 0 bridgehead atoms. The largest absolute Gasteiger partial charge is 0.472 e. The maximum Gasteiger partial charge on any atom is 0.472 e. The Morgan fingerprint density at radius 3 is 1.76 bits per heavy atom. The highest BCUT2D eigenvalue weighted by Gasteiger charge is 2.27. The van der Waals surface area contributed by atoms with Gasteiger partial charge in [0.15, 0.2) is 6.10 Å². The second-order valence-corrected chi connectivity index (χ2v) is 13.7. The van der Waals surface area contributed by atoms with E-state index < -0.39 is 51.8 Å². The summed E-state index contributed by atoms with van der Waals surface area (Å²) in [4.78, 5) is 34.8. The van der Waals surface area contributed by atoms with Crippen molar-refractivity contribution in [2.45, 2.75) is 148 Å². The number of hydrogen-bond donors (Lipinski definition) is 3. The maximum absolute atomic E-state index is 12.5. The number of phosphoric ester groups is 1. The van der Waals surface area contributed by atoms with Crippen LogP contribution in [0.5, 0.6) is 0 Å². The summed E-state index contributed by atoms with van der Waals surface area (Å²) in [5.74, 6) is -0.966. The highest BCUT2D eigenvalue weighted by Crippen LogP contribution is 2.43. The first kappa shape index (κ1) is 47.7. The third-order valence-corrected chi connectivity index (χ3v) is 8.43. The van der Waals surface area contributed by atoms with Gasteiger partial charge in [-0.3, -0.25) is 18.6 Å². The van der Waals surface area contributed by atoms with Crippen molar-refractivity contribution in [1.82, 2.24) is 0 Å². The zero-order chi connectivity index (χ0) is 37.0. The summed E-state index contributed by atoms with van der Waals surface area (Å²) >= 11 is 0. The molecule has 3 N–H and O–H groups in total. The van der Waals surface area contributed by atoms with Gasteiger partial charge in [0, 0.05) is 12.8 Å². The first-order chi connectivity index (χ1) is 24.2. The van der Waals surface area contributed by atoms with Gasteiger partial charge in [0.05, 0.1) is 19.8 Å². The van der Waals surface area contributed by atoms with Crippen molar-refractivity contribution >= 4 is 19.8 Å². The Kier molecular flexibility index (Phi) is 33.5. The highest BCUT2D eigenvalue weighted by molar-refractivity contribution is 7.47. The summed E-state index contributed by atoms with van der Waals surface area (Å²) in [6, 6.07) is 0. The molecule has 288 valence electrons. The Morgan fingerprint density at radius 2 is 1.14 bits per heavy atom. The summed E-state index contributed by atoms with van der Waals surface area (Å²) in [6.07, 6.45) is 36.2. The van der Waals surface area contributed by atoms with Gasteiger partial charge in [0.1, 0.15) is 12.7 Å². The number of phosphoric acid groups is 1. The summed E-state index contributed by atoms with van der Waals surface area (Å²) in [5, 5.41) is 18.3. The van der Waals surface area contributed by atoms with Crippen LogP contribution in [0.2, 0.25) is 0 Å². The van der Waals surface area contributed by atoms with Crippen molar-refractivity contribution in [2.24, 2.45) is 0 Å². The molecule has 0 saturated heterocycles. The van der Waals surface area contributed by atoms with E-state index in [9.17, 15) is 24.2 Å². The highest BCUT2D eigenvalue weighted by atomic mass is 31.2. The maximum atomic E-state index is 12.5. The Hall–Kier alpha value is -2.33. The average molecular weight is 727 g/mol. The summed E-state index contributed by atoms with van der Waals surface area (Å²) in [6.45, 7) is 2.07. The molecule has 0 aliphatic heterocycles. The number of carbonyl (C=O) groups excluding carboxylic acids is 2. The van der Waals surface area contributed by atoms with Gasteiger partial charge in [0.2, 0.25) is 0 Å². The van der Waals surface area contributed by atoms with Crippen LogP contribution in [0.1, 0.15) is 136 Å². The van der Waals surface area contributed by atoms with Gasteiger partial charge in [-0.15, -0.1) is 0 Å². The van der Waals surface area contributed by atoms with Crippen molar-refractivity contribution in [3.63, 3.8) is 0 Å². The van der Waals surface area contributed by atoms with E-state index in [0.717, 1.165) is 77.0 Å². The molecule has 0 fully saturated rings. The van der Waals surface area contributed by atoms with Crippen LogP contribution in [0.25, 0.3) is 0 Å². The fourth-order valence-corrected chi connectivity index (χ4v) is 5.41. The minimum Gasteiger partial charge on any atom is -0.462 e. The Morgan fingerprint density at radius 1 is 0.620 bits per heavy atom. The first-order valence-electron chi connectivity index (χ1n) is 18.8. The van der Waals surface area contributed by atoms with Gasteiger partial charge in [-0.1, -0.05) is 126 Å². The fourth-order valence-electron chi connectivity index (χ4n) is 4.62. The zero-order valence-corrected chi connectivity index (χ0v) is 31.7. The lowest BCUT2D eigenvalue weighted by molar-refractivity contribution is -0.161. The van der Waals surface area contributed by atoms with E-state index in [1.54, 1.807) is 0 Å². The standard InChI is InChI=1S/C39H67O10P/c1-3-5-7-9-11-13-15-17-19-20-22-24-26-28-30-38(42)46-34-37(35-48-50(44,45)47-33-36(41)32-40)49-39(43)31-29-27-25-23-21-18-16-14-12-10-8-6-4-2/h5-8,10-14,16,36-37,40-41H,3-4,9,15,17-35H2,1-2H3,(H,44,45)/b7-5+,8-6+,12-10+,13-11+,16-14+/t36-,37?/m0/s1. The van der Waals surface area contributed by atoms with E-state index >= 15 is 0 Å². The van der Waals surface area contributed by atoms with Gasteiger partial charge in [-0.05, 0) is 57.8 Å². The normalized spacial score (nSPS) is 14.7. The van der Waals surface area contributed by atoms with Gasteiger partial charge >= 0.3 is 19.8 Å². The number of ether oxygens (including phenoxy) is 2. The molecule has 0 spiro atoms. The predicted octanol–water partition coefficient (Wildman–Crippen LogP) is 9.16. The van der Waals surface area contributed by atoms with Crippen LogP contribution in [0, 0.1) is 0 Å². The predicted molar refractivity (Wildman–Crippen MR) is 200 cm³/mol. The molecular formula is C39H67O10P. The monoisotopic (exact) mass is 726 g/mol. The molecule has 3 atom stereocenters. The van der Waals surface area contributed by atoms with Crippen LogP contribution >= 0.6 is 7.82 Å². The van der Waals surface area contributed by atoms with Gasteiger partial charge in [0.25, 0.3) is 0 Å². The molecule has 0 aromatic rings. The van der Waals surface area contributed by atoms with Crippen LogP contribution in [-0.2, 0) is 32.7 Å². The van der Waals surface area contributed by atoms with E-state index in [1.165, 1.54) is 19.3 Å². The molecule has 0 rings (SSSR count). The minimum absolute atomic E-state index is 0.156. The van der Waals surface area contributed by atoms with Crippen molar-refractivity contribution in [3.05, 3.63) is 60.8 Å². The molecule has 0 aliphatic rings. The number of aliphatic hydroxyl groups excluding tert-OH is 2. The van der Waals surface area contributed by atoms with Crippen molar-refractivity contribution < 1.29 is 47.8 Å². The van der Waals surface area contributed by atoms with E-state index in [0.29, 0.717) is 12.8 Å². The van der Waals surface area contributed by atoms with Crippen molar-refractivity contribution in [2.75, 3.05) is 26.4 Å². The lowest BCUT2D eigenvalue weighted by Gasteiger charge is -2.20. The van der Waals surface area contributed by atoms with Crippen molar-refractivity contribution in [1.29, 1.82) is 0 Å². The van der Waals surface area contributed by atoms with Crippen LogP contribution in [0.4, 0.5) is 0 Å². The molecule has 0 radical (unpaired) electrons. The molecule has 2 unspecified atom stereocenters. The third kappa shape index (κ3) is 34.1. The smallest absolute Gasteiger partial charge is 0.462 e. The number of allylic oxidation sites excluding steroid dienone is 10. The molecule has 0 aromatic carbocycles. The van der Waals surface area contributed by atoms with Crippen LogP contribution in [0.3, 0.4) is 0 Å². The summed E-state index contributed by atoms with van der Waals surface area (Å²) < 4.78 is 32.5. The number of carbonyl (C=O) groups is 2. The minimum atomic E-state index is -4.62. The summed E-state index contributed by atoms with van der Waals surface area (Å²) in [7, 11) is -4.62. The molecular weight excluding hydrogens is 659 g/mol. The van der Waals surface area contributed by atoms with Gasteiger partial charge < -0.3 is 24.6 Å². The van der Waals surface area contributed by atoms with E-state index in [-0.39, 0.29) is 19.4 Å². The lowest BCUT2D eigenvalue weighted by Crippen LogP contribution is -2.29. The third-order valence-electron chi connectivity index (χ3n) is 7.48. The van der Waals surface area contributed by atoms with Gasteiger partial charge in [-0.2, -0.15) is 0 Å². The molecule has 0 saturated carbocycles. The first-order valence-corrected chi connectivity index (χ1v) is 20.3. The Balaban J connectivity index is 4.42. The molecule has 11 heteroatoms. The number of esters is 2. The van der Waals surface area contributed by atoms with Crippen LogP contribution < -0.4 is 0 Å². The van der Waals surface area contributed by atoms with Crippen molar-refractivity contribution in [3.8, 4) is 0 Å². The quantitative estimate of drug-likeness (QED) is 0.0193. The average Bonchev–Trinajstić information content (AvgIpc) is 3.10. The topological polar surface area (TPSA) is 149 Å². The zero-order valence-electron chi connectivity index (χ0n) is 30.8. The molecule has 50 heavy (non-hydrogen) atoms. The van der Waals surface area contributed by atoms with Crippen LogP contribution in [0.15, 0.2) is 60.8 Å². The summed E-state index contributed by atoms with van der Waals surface area (Å²) in [5.41, 5.74) is 0. The number of aliphatic hydroxyl groups is 2. The number of hydrogen-bond acceptors (Lipinski definition) is 9. The van der Waals surface area contributed by atoms with E-state index in [4.69, 9.17) is 19.1 Å². The number of unbranched alkanes of at least 4 members (excludes halogenated alkanes) is 12. The Labute approximate surface area is 302 Å². The second-order valence-electron chi connectivity index (χ2n) is 12.2. The molecule has 0 heterocycles. The van der Waals surface area contributed by atoms with E-state index in [2.05, 4.69) is 54.8 Å². The molecule has 0 aliphatic carbocycles. The number of rotatable bonds is 34. The molecule has 10 nitrogen and oxygen atoms in total. The molecule has 0 amide bonds. The second kappa shape index (κ2) is 35.1.